The molecular formula is C18H19N3O5. The van der Waals surface area contributed by atoms with E-state index in [0.717, 1.165) is 0 Å². The number of nitrogens with one attached hydrogen (secondary N) is 1. The number of hydrogen-bond donors (Lipinski definition) is 1. The average Bonchev–Trinajstić information content (AvgIpc) is 2.65. The average molecular weight is 357 g/mol. The van der Waals surface area contributed by atoms with Crippen LogP contribution in [0.2, 0.25) is 0 Å². The van der Waals surface area contributed by atoms with Gasteiger partial charge < -0.3 is 19.7 Å². The summed E-state index contributed by atoms with van der Waals surface area (Å²) in [5.41, 5.74) is 0.701. The minimum Gasteiger partial charge on any atom is -0.486 e. The monoisotopic (exact) mass is 357 g/mol. The molecule has 1 aliphatic rings. The van der Waals surface area contributed by atoms with Crippen molar-refractivity contribution in [3.8, 4) is 11.5 Å². The number of non-ortho nitro benzene ring substituents is 1. The van der Waals surface area contributed by atoms with Crippen LogP contribution in [-0.2, 0) is 0 Å². The van der Waals surface area contributed by atoms with Crippen LogP contribution in [0.15, 0.2) is 42.5 Å². The molecule has 2 aromatic carbocycles. The summed E-state index contributed by atoms with van der Waals surface area (Å²) in [6, 6.07) is 11.5. The van der Waals surface area contributed by atoms with Gasteiger partial charge in [0.1, 0.15) is 12.7 Å². The van der Waals surface area contributed by atoms with E-state index in [4.69, 9.17) is 9.47 Å². The zero-order valence-electron chi connectivity index (χ0n) is 14.5. The number of anilines is 1. The molecule has 0 spiro atoms. The molecule has 1 atom stereocenters. The van der Waals surface area contributed by atoms with Gasteiger partial charge in [-0.1, -0.05) is 12.1 Å². The molecule has 8 heteroatoms. The van der Waals surface area contributed by atoms with Gasteiger partial charge in [-0.05, 0) is 18.2 Å². The zero-order valence-corrected chi connectivity index (χ0v) is 14.5. The van der Waals surface area contributed by atoms with E-state index in [-0.39, 0.29) is 23.9 Å². The minimum absolute atomic E-state index is 0.132. The molecule has 0 bridgehead atoms. The molecule has 8 nitrogen and oxygen atoms in total. The topological polar surface area (TPSA) is 93.9 Å². The van der Waals surface area contributed by atoms with Gasteiger partial charge in [0.15, 0.2) is 11.5 Å². The standard InChI is InChI=1S/C18H19N3O5/c1-20(2)15-8-7-12(21(23)24)9-14(15)18(22)19-10-13-11-25-16-5-3-4-6-17(16)26-13/h3-9,13H,10-11H2,1-2H3,(H,19,22). The van der Waals surface area contributed by atoms with Gasteiger partial charge in [0.05, 0.1) is 17.0 Å². The molecule has 3 rings (SSSR count). The first-order valence-corrected chi connectivity index (χ1v) is 8.08. The van der Waals surface area contributed by atoms with Gasteiger partial charge in [0.2, 0.25) is 0 Å². The van der Waals surface area contributed by atoms with Crippen LogP contribution >= 0.6 is 0 Å². The molecule has 26 heavy (non-hydrogen) atoms. The summed E-state index contributed by atoms with van der Waals surface area (Å²) >= 11 is 0. The van der Waals surface area contributed by atoms with Crippen molar-refractivity contribution in [2.45, 2.75) is 6.10 Å². The van der Waals surface area contributed by atoms with E-state index in [2.05, 4.69) is 5.32 Å². The number of para-hydroxylation sites is 2. The quantitative estimate of drug-likeness (QED) is 0.651. The fourth-order valence-electron chi connectivity index (χ4n) is 2.67. The fourth-order valence-corrected chi connectivity index (χ4v) is 2.67. The summed E-state index contributed by atoms with van der Waals surface area (Å²) < 4.78 is 11.4. The maximum atomic E-state index is 12.6. The third-order valence-corrected chi connectivity index (χ3v) is 3.98. The van der Waals surface area contributed by atoms with Crippen LogP contribution in [0.25, 0.3) is 0 Å². The van der Waals surface area contributed by atoms with Gasteiger partial charge in [-0.3, -0.25) is 14.9 Å². The van der Waals surface area contributed by atoms with E-state index in [1.165, 1.54) is 12.1 Å². The molecule has 2 aromatic rings. The Balaban J connectivity index is 1.70. The summed E-state index contributed by atoms with van der Waals surface area (Å²) in [5, 5.41) is 13.8. The summed E-state index contributed by atoms with van der Waals surface area (Å²) in [6.45, 7) is 0.537. The highest BCUT2D eigenvalue weighted by Gasteiger charge is 2.23. The molecule has 0 fully saturated rings. The van der Waals surface area contributed by atoms with E-state index >= 15 is 0 Å². The molecule has 0 aliphatic carbocycles. The maximum absolute atomic E-state index is 12.6. The molecule has 1 N–H and O–H groups in total. The Kier molecular flexibility index (Phi) is 4.92. The highest BCUT2D eigenvalue weighted by atomic mass is 16.6. The number of nitro groups is 1. The minimum atomic E-state index is -0.523. The third kappa shape index (κ3) is 3.69. The van der Waals surface area contributed by atoms with Crippen molar-refractivity contribution in [3.05, 3.63) is 58.1 Å². The van der Waals surface area contributed by atoms with Crippen molar-refractivity contribution in [2.75, 3.05) is 32.1 Å². The van der Waals surface area contributed by atoms with E-state index in [1.807, 2.05) is 18.2 Å². The van der Waals surface area contributed by atoms with Gasteiger partial charge in [-0.25, -0.2) is 0 Å². The van der Waals surface area contributed by atoms with Crippen LogP contribution in [0.4, 0.5) is 11.4 Å². The summed E-state index contributed by atoms with van der Waals surface area (Å²) in [6.07, 6.45) is -0.338. The van der Waals surface area contributed by atoms with E-state index in [0.29, 0.717) is 23.8 Å². The normalized spacial score (nSPS) is 15.2. The Bertz CT molecular complexity index is 837. The molecule has 0 saturated carbocycles. The Hall–Kier alpha value is -3.29. The second kappa shape index (κ2) is 7.30. The lowest BCUT2D eigenvalue weighted by Crippen LogP contribution is -2.41. The van der Waals surface area contributed by atoms with Crippen molar-refractivity contribution < 1.29 is 19.2 Å². The van der Waals surface area contributed by atoms with Gasteiger partial charge in [0.25, 0.3) is 11.6 Å². The summed E-state index contributed by atoms with van der Waals surface area (Å²) in [4.78, 5) is 24.8. The Morgan fingerprint density at radius 3 is 2.69 bits per heavy atom. The number of hydrogen-bond acceptors (Lipinski definition) is 6. The number of carbonyl (C=O) groups excluding carboxylic acids is 1. The molecule has 0 saturated heterocycles. The Morgan fingerprint density at radius 2 is 2.00 bits per heavy atom. The van der Waals surface area contributed by atoms with E-state index in [1.54, 1.807) is 31.1 Å². The maximum Gasteiger partial charge on any atom is 0.270 e. The predicted octanol–water partition coefficient (Wildman–Crippen LogP) is 2.23. The van der Waals surface area contributed by atoms with Gasteiger partial charge in [0, 0.05) is 31.9 Å². The number of fused-ring (bicyclic) bond motifs is 1. The molecular weight excluding hydrogens is 338 g/mol. The lowest BCUT2D eigenvalue weighted by Gasteiger charge is -2.26. The molecule has 0 radical (unpaired) electrons. The first-order valence-electron chi connectivity index (χ1n) is 8.08. The van der Waals surface area contributed by atoms with Crippen LogP contribution in [0.5, 0.6) is 11.5 Å². The smallest absolute Gasteiger partial charge is 0.270 e. The molecule has 1 unspecified atom stereocenters. The number of nitrogens with zero attached hydrogens (tertiary/aromatic N) is 2. The van der Waals surface area contributed by atoms with Crippen LogP contribution < -0.4 is 19.7 Å². The SMILES string of the molecule is CN(C)c1ccc([N+](=O)[O-])cc1C(=O)NCC1COc2ccccc2O1. The first kappa shape index (κ1) is 17.5. The predicted molar refractivity (Wildman–Crippen MR) is 96.1 cm³/mol. The van der Waals surface area contributed by atoms with Crippen LogP contribution in [0, 0.1) is 10.1 Å². The van der Waals surface area contributed by atoms with Crippen LogP contribution in [0.3, 0.4) is 0 Å². The number of amides is 1. The second-order valence-corrected chi connectivity index (χ2v) is 6.06. The van der Waals surface area contributed by atoms with Gasteiger partial charge >= 0.3 is 0 Å². The number of ether oxygens (including phenoxy) is 2. The fraction of sp³-hybridized carbons (Fsp3) is 0.278. The molecule has 0 aromatic heterocycles. The van der Waals surface area contributed by atoms with Gasteiger partial charge in [-0.2, -0.15) is 0 Å². The van der Waals surface area contributed by atoms with Crippen molar-refractivity contribution in [1.29, 1.82) is 0 Å². The van der Waals surface area contributed by atoms with Gasteiger partial charge in [-0.15, -0.1) is 0 Å². The lowest BCUT2D eigenvalue weighted by atomic mass is 10.1. The third-order valence-electron chi connectivity index (χ3n) is 3.98. The summed E-state index contributed by atoms with van der Waals surface area (Å²) in [5.74, 6) is 0.894. The van der Waals surface area contributed by atoms with Crippen molar-refractivity contribution in [3.63, 3.8) is 0 Å². The van der Waals surface area contributed by atoms with Crippen molar-refractivity contribution in [1.82, 2.24) is 5.32 Å². The highest BCUT2D eigenvalue weighted by molar-refractivity contribution is 6.00. The number of benzene rings is 2. The lowest BCUT2D eigenvalue weighted by molar-refractivity contribution is -0.384. The number of carbonyl (C=O) groups is 1. The molecule has 1 heterocycles. The van der Waals surface area contributed by atoms with E-state index in [9.17, 15) is 14.9 Å². The highest BCUT2D eigenvalue weighted by Crippen LogP contribution is 2.30. The summed E-state index contributed by atoms with van der Waals surface area (Å²) in [7, 11) is 3.54. The second-order valence-electron chi connectivity index (χ2n) is 6.06. The zero-order chi connectivity index (χ0) is 18.7. The van der Waals surface area contributed by atoms with Crippen molar-refractivity contribution >= 4 is 17.3 Å². The van der Waals surface area contributed by atoms with E-state index < -0.39 is 10.8 Å². The first-order chi connectivity index (χ1) is 12.5. The van der Waals surface area contributed by atoms with Crippen molar-refractivity contribution in [2.24, 2.45) is 0 Å². The van der Waals surface area contributed by atoms with Crippen LogP contribution in [-0.4, -0.2) is 44.2 Å². The Morgan fingerprint density at radius 1 is 1.27 bits per heavy atom. The largest absolute Gasteiger partial charge is 0.486 e. The number of nitro benzene ring substituents is 1. The molecule has 136 valence electrons. The number of rotatable bonds is 5. The van der Waals surface area contributed by atoms with Crippen LogP contribution in [0.1, 0.15) is 10.4 Å². The molecule has 1 amide bonds. The molecule has 1 aliphatic heterocycles. The Labute approximate surface area is 150 Å².